The number of hydrogen-bond donors (Lipinski definition) is 4. The zero-order valence-electron chi connectivity index (χ0n) is 22.2. The molecule has 2 aliphatic rings. The number of aromatic nitrogens is 2. The van der Waals surface area contributed by atoms with E-state index in [0.29, 0.717) is 18.7 Å². The molecule has 2 aromatic rings. The lowest BCUT2D eigenvalue weighted by atomic mass is 10.1. The second-order valence-corrected chi connectivity index (χ2v) is 9.74. The number of rotatable bonds is 10. The van der Waals surface area contributed by atoms with Crippen molar-refractivity contribution in [3.8, 4) is 11.6 Å². The molecule has 0 saturated carbocycles. The minimum Gasteiger partial charge on any atom is -0.481 e. The summed E-state index contributed by atoms with van der Waals surface area (Å²) in [6.07, 6.45) is -1.76. The molecule has 0 radical (unpaired) electrons. The first-order chi connectivity index (χ1) is 19.6. The second-order valence-electron chi connectivity index (χ2n) is 9.74. The number of aliphatic carboxylic acids is 1. The van der Waals surface area contributed by atoms with Crippen LogP contribution in [0.3, 0.4) is 0 Å². The summed E-state index contributed by atoms with van der Waals surface area (Å²) in [6.45, 7) is 0.668. The topological polar surface area (TPSA) is 195 Å². The zero-order chi connectivity index (χ0) is 29.5. The second kappa shape index (κ2) is 13.1. The maximum Gasteiger partial charge on any atom is 0.407 e. The third-order valence-electron chi connectivity index (χ3n) is 6.88. The van der Waals surface area contributed by atoms with Gasteiger partial charge in [-0.05, 0) is 25.0 Å². The summed E-state index contributed by atoms with van der Waals surface area (Å²) in [4.78, 5) is 65.5. The largest absolute Gasteiger partial charge is 0.481 e. The van der Waals surface area contributed by atoms with E-state index in [9.17, 15) is 34.2 Å². The molecule has 1 aromatic carbocycles. The summed E-state index contributed by atoms with van der Waals surface area (Å²) in [5, 5.41) is 34.9. The van der Waals surface area contributed by atoms with Crippen LogP contribution in [-0.4, -0.2) is 128 Å². The molecule has 1 aromatic heterocycles. The number of β-amino-alcohol motifs (C(OH)–C–C–N with tert-alkyl or cyclic N) is 1. The van der Waals surface area contributed by atoms with Gasteiger partial charge in [-0.25, -0.2) is 9.48 Å². The number of ether oxygens (including phenoxy) is 1. The molecule has 0 bridgehead atoms. The Balaban J connectivity index is 1.50. The van der Waals surface area contributed by atoms with Gasteiger partial charge in [-0.1, -0.05) is 18.2 Å². The Morgan fingerprint density at radius 2 is 1.66 bits per heavy atom. The third kappa shape index (κ3) is 7.51. The van der Waals surface area contributed by atoms with E-state index in [1.807, 2.05) is 0 Å². The van der Waals surface area contributed by atoms with Gasteiger partial charge in [-0.2, -0.15) is 5.10 Å². The van der Waals surface area contributed by atoms with Gasteiger partial charge >= 0.3 is 12.1 Å². The number of likely N-dealkylation sites (tertiary alicyclic amines) is 1. The van der Waals surface area contributed by atoms with E-state index >= 15 is 0 Å². The summed E-state index contributed by atoms with van der Waals surface area (Å²) in [5.41, 5.74) is 0.414. The molecule has 2 atom stereocenters. The average Bonchev–Trinajstić information content (AvgIpc) is 3.60. The maximum atomic E-state index is 13.3. The van der Waals surface area contributed by atoms with Crippen LogP contribution in [0.25, 0.3) is 5.69 Å². The van der Waals surface area contributed by atoms with E-state index in [1.165, 1.54) is 25.4 Å². The van der Waals surface area contributed by atoms with Crippen LogP contribution in [0.4, 0.5) is 4.79 Å². The molecule has 15 nitrogen and oxygen atoms in total. The Morgan fingerprint density at radius 3 is 2.27 bits per heavy atom. The summed E-state index contributed by atoms with van der Waals surface area (Å²) < 4.78 is 7.06. The first kappa shape index (κ1) is 29.3. The average molecular weight is 573 g/mol. The Bertz CT molecular complexity index is 1280. The van der Waals surface area contributed by atoms with Crippen LogP contribution in [-0.2, 0) is 14.4 Å². The van der Waals surface area contributed by atoms with Crippen molar-refractivity contribution in [1.29, 1.82) is 0 Å². The predicted octanol–water partition coefficient (Wildman–Crippen LogP) is -0.370. The summed E-state index contributed by atoms with van der Waals surface area (Å²) in [7, 11) is 0. The number of carboxylic acids is 1. The van der Waals surface area contributed by atoms with Crippen molar-refractivity contribution >= 4 is 29.8 Å². The van der Waals surface area contributed by atoms with Crippen LogP contribution in [0.1, 0.15) is 29.8 Å². The first-order valence-electron chi connectivity index (χ1n) is 13.2. The van der Waals surface area contributed by atoms with Gasteiger partial charge in [-0.3, -0.25) is 19.2 Å². The van der Waals surface area contributed by atoms with E-state index in [2.05, 4.69) is 10.4 Å². The van der Waals surface area contributed by atoms with Gasteiger partial charge in [0.05, 0.1) is 11.8 Å². The molecule has 2 aliphatic heterocycles. The Kier molecular flexibility index (Phi) is 9.39. The van der Waals surface area contributed by atoms with Crippen molar-refractivity contribution in [2.24, 2.45) is 0 Å². The molecule has 0 aliphatic carbocycles. The quantitative estimate of drug-likeness (QED) is 0.292. The molecule has 41 heavy (non-hydrogen) atoms. The predicted molar refractivity (Wildman–Crippen MR) is 141 cm³/mol. The van der Waals surface area contributed by atoms with Gasteiger partial charge in [0.25, 0.3) is 11.8 Å². The molecule has 0 spiro atoms. The molecular weight excluding hydrogens is 540 g/mol. The van der Waals surface area contributed by atoms with E-state index in [4.69, 9.17) is 9.84 Å². The van der Waals surface area contributed by atoms with Gasteiger partial charge in [0.1, 0.15) is 6.04 Å². The SMILES string of the molecule is O=C(O)CCC(NC(=O)c1cc(OCC(=O)N2CCC(O)C2)n(-c2ccccc2)n1)C(=O)N1CCN(C(=O)O)CC1. The molecule has 2 fully saturated rings. The van der Waals surface area contributed by atoms with Gasteiger partial charge in [0, 0.05) is 51.8 Å². The molecule has 220 valence electrons. The van der Waals surface area contributed by atoms with Crippen molar-refractivity contribution in [3.63, 3.8) is 0 Å². The summed E-state index contributed by atoms with van der Waals surface area (Å²) in [6, 6.07) is 8.86. The van der Waals surface area contributed by atoms with Crippen molar-refractivity contribution in [3.05, 3.63) is 42.1 Å². The number of aliphatic hydroxyl groups excluding tert-OH is 1. The molecule has 3 heterocycles. The van der Waals surface area contributed by atoms with Crippen molar-refractivity contribution in [2.75, 3.05) is 45.9 Å². The highest BCUT2D eigenvalue weighted by Gasteiger charge is 2.31. The molecule has 15 heteroatoms. The lowest BCUT2D eigenvalue weighted by Crippen LogP contribution is -2.55. The number of carbonyl (C=O) groups is 5. The van der Waals surface area contributed by atoms with Crippen molar-refractivity contribution in [1.82, 2.24) is 29.8 Å². The van der Waals surface area contributed by atoms with E-state index in [0.717, 1.165) is 0 Å². The highest BCUT2D eigenvalue weighted by atomic mass is 16.5. The van der Waals surface area contributed by atoms with E-state index in [1.54, 1.807) is 30.3 Å². The highest BCUT2D eigenvalue weighted by molar-refractivity contribution is 5.96. The molecular formula is C26H32N6O9. The smallest absolute Gasteiger partial charge is 0.407 e. The lowest BCUT2D eigenvalue weighted by molar-refractivity contribution is -0.138. The number of para-hydroxylation sites is 1. The zero-order valence-corrected chi connectivity index (χ0v) is 22.2. The lowest BCUT2D eigenvalue weighted by Gasteiger charge is -2.35. The number of aliphatic hydroxyl groups is 1. The first-order valence-corrected chi connectivity index (χ1v) is 13.2. The number of nitrogens with zero attached hydrogens (tertiary/aromatic N) is 5. The minimum absolute atomic E-state index is 0.0904. The third-order valence-corrected chi connectivity index (χ3v) is 6.88. The number of piperazine rings is 1. The highest BCUT2D eigenvalue weighted by Crippen LogP contribution is 2.21. The molecule has 2 saturated heterocycles. The number of carboxylic acid groups (broad SMARTS) is 2. The van der Waals surface area contributed by atoms with Crippen molar-refractivity contribution < 1.29 is 44.0 Å². The summed E-state index contributed by atoms with van der Waals surface area (Å²) in [5.74, 6) is -2.68. The Morgan fingerprint density at radius 1 is 0.976 bits per heavy atom. The van der Waals surface area contributed by atoms with Crippen LogP contribution >= 0.6 is 0 Å². The monoisotopic (exact) mass is 572 g/mol. The van der Waals surface area contributed by atoms with Gasteiger partial charge < -0.3 is 40.1 Å². The fourth-order valence-corrected chi connectivity index (χ4v) is 4.62. The van der Waals surface area contributed by atoms with Gasteiger partial charge in [0.15, 0.2) is 12.3 Å². The number of amides is 4. The number of nitrogens with one attached hydrogen (secondary N) is 1. The molecule has 4 amide bonds. The minimum atomic E-state index is -1.19. The number of hydrogen-bond acceptors (Lipinski definition) is 8. The molecule has 4 N–H and O–H groups in total. The number of benzene rings is 1. The van der Waals surface area contributed by atoms with Gasteiger partial charge in [-0.15, -0.1) is 0 Å². The van der Waals surface area contributed by atoms with Gasteiger partial charge in [0.2, 0.25) is 11.8 Å². The Labute approximate surface area is 234 Å². The fraction of sp³-hybridized carbons (Fsp3) is 0.462. The van der Waals surface area contributed by atoms with Crippen molar-refractivity contribution in [2.45, 2.75) is 31.4 Å². The van der Waals surface area contributed by atoms with Crippen LogP contribution in [0.15, 0.2) is 36.4 Å². The van der Waals surface area contributed by atoms with Crippen LogP contribution < -0.4 is 10.1 Å². The summed E-state index contributed by atoms with van der Waals surface area (Å²) >= 11 is 0. The van der Waals surface area contributed by atoms with Crippen LogP contribution in [0.5, 0.6) is 5.88 Å². The van der Waals surface area contributed by atoms with Crippen LogP contribution in [0, 0.1) is 0 Å². The molecule has 2 unspecified atom stereocenters. The number of carbonyl (C=O) groups excluding carboxylic acids is 3. The normalized spacial score (nSPS) is 17.7. The maximum absolute atomic E-state index is 13.3. The van der Waals surface area contributed by atoms with Crippen LogP contribution in [0.2, 0.25) is 0 Å². The standard InChI is InChI=1S/C26H32N6O9/c33-18-8-9-31(15-18)21(34)16-41-22-14-20(28-32(22)17-4-2-1-3-5-17)24(37)27-19(6-7-23(35)36)25(38)29-10-12-30(13-11-29)26(39)40/h1-5,14,18-19,33H,6-13,15-16H2,(H,27,37)(H,35,36)(H,39,40). The Hall–Kier alpha value is -4.66. The van der Waals surface area contributed by atoms with E-state index in [-0.39, 0.29) is 69.7 Å². The van der Waals surface area contributed by atoms with E-state index < -0.39 is 36.0 Å². The fourth-order valence-electron chi connectivity index (χ4n) is 4.62. The molecule has 4 rings (SSSR count).